The van der Waals surface area contributed by atoms with Gasteiger partial charge in [-0.3, -0.25) is 9.59 Å². The predicted octanol–water partition coefficient (Wildman–Crippen LogP) is 4.46. The number of amides is 2. The fourth-order valence-electron chi connectivity index (χ4n) is 4.04. The molecule has 2 amide bonds. The number of carbonyl (C=O) groups excluding carboxylic acids is 2. The van der Waals surface area contributed by atoms with Crippen molar-refractivity contribution in [3.05, 3.63) is 78.9 Å². The van der Waals surface area contributed by atoms with Crippen LogP contribution in [0.2, 0.25) is 0 Å². The van der Waals surface area contributed by atoms with Gasteiger partial charge >= 0.3 is 0 Å². The van der Waals surface area contributed by atoms with Crippen LogP contribution in [0.1, 0.15) is 23.2 Å². The van der Waals surface area contributed by atoms with Gasteiger partial charge in [0.05, 0.1) is 0 Å². The van der Waals surface area contributed by atoms with Gasteiger partial charge in [0.15, 0.2) is 0 Å². The Morgan fingerprint density at radius 2 is 1.74 bits per heavy atom. The van der Waals surface area contributed by atoms with Crippen LogP contribution in [0.4, 0.5) is 5.69 Å². The Morgan fingerprint density at radius 3 is 2.52 bits per heavy atom. The van der Waals surface area contributed by atoms with Gasteiger partial charge in [0.2, 0.25) is 5.91 Å². The highest BCUT2D eigenvalue weighted by Gasteiger charge is 2.20. The monoisotopic (exact) mass is 413 g/mol. The third kappa shape index (κ3) is 4.84. The van der Waals surface area contributed by atoms with E-state index in [2.05, 4.69) is 29.2 Å². The number of nitrogens with zero attached hydrogens (tertiary/aromatic N) is 1. The van der Waals surface area contributed by atoms with Gasteiger partial charge in [-0.15, -0.1) is 0 Å². The molecule has 158 valence electrons. The minimum Gasteiger partial charge on any atom is -0.349 e. The third-order valence-electron chi connectivity index (χ3n) is 5.83. The van der Waals surface area contributed by atoms with Crippen molar-refractivity contribution >= 4 is 28.3 Å². The number of nitrogens with one attached hydrogen (secondary N) is 2. The first kappa shape index (κ1) is 20.8. The number of carbonyl (C=O) groups is 2. The van der Waals surface area contributed by atoms with E-state index in [1.165, 1.54) is 6.08 Å². The van der Waals surface area contributed by atoms with Crippen LogP contribution in [0.5, 0.6) is 0 Å². The van der Waals surface area contributed by atoms with Crippen molar-refractivity contribution in [2.75, 3.05) is 25.5 Å². The molecular weight excluding hydrogens is 386 g/mol. The van der Waals surface area contributed by atoms with Crippen molar-refractivity contribution in [1.29, 1.82) is 0 Å². The van der Waals surface area contributed by atoms with Crippen LogP contribution in [0.25, 0.3) is 21.9 Å². The number of rotatable bonds is 5. The lowest BCUT2D eigenvalue weighted by Gasteiger charge is -2.29. The topological polar surface area (TPSA) is 61.4 Å². The number of piperidine rings is 1. The molecule has 0 aliphatic carbocycles. The average Bonchev–Trinajstić information content (AvgIpc) is 2.80. The second kappa shape index (κ2) is 9.14. The van der Waals surface area contributed by atoms with E-state index < -0.39 is 0 Å². The predicted molar refractivity (Wildman–Crippen MR) is 126 cm³/mol. The number of anilines is 1. The molecule has 0 saturated carbocycles. The number of hydrogen-bond acceptors (Lipinski definition) is 3. The maximum atomic E-state index is 13.1. The normalized spacial score (nSPS) is 14.9. The van der Waals surface area contributed by atoms with Crippen LogP contribution in [-0.2, 0) is 4.79 Å². The van der Waals surface area contributed by atoms with Gasteiger partial charge in [-0.25, -0.2) is 0 Å². The molecule has 1 aliphatic heterocycles. The number of hydrogen-bond donors (Lipinski definition) is 2. The lowest BCUT2D eigenvalue weighted by Crippen LogP contribution is -2.43. The van der Waals surface area contributed by atoms with E-state index in [0.717, 1.165) is 47.8 Å². The third-order valence-corrected chi connectivity index (χ3v) is 5.83. The Morgan fingerprint density at radius 1 is 1.00 bits per heavy atom. The molecule has 1 aliphatic rings. The standard InChI is InChI=1S/C26H27N3O2/c1-3-25(30)27-22-8-4-7-19(16-22)20-11-10-18-6-5-9-23(24(18)17-20)26(31)28-21-12-14-29(2)15-13-21/h3-11,16-17,21H,1,12-15H2,2H3,(H,27,30)(H,28,31). The van der Waals surface area contributed by atoms with Crippen LogP contribution in [-0.4, -0.2) is 42.9 Å². The first-order chi connectivity index (χ1) is 15.0. The van der Waals surface area contributed by atoms with Crippen LogP contribution in [0, 0.1) is 0 Å². The highest BCUT2D eigenvalue weighted by molar-refractivity contribution is 6.08. The van der Waals surface area contributed by atoms with E-state index >= 15 is 0 Å². The summed E-state index contributed by atoms with van der Waals surface area (Å²) in [6.07, 6.45) is 3.20. The summed E-state index contributed by atoms with van der Waals surface area (Å²) in [6, 6.07) is 19.8. The molecule has 2 N–H and O–H groups in total. The quantitative estimate of drug-likeness (QED) is 0.608. The summed E-state index contributed by atoms with van der Waals surface area (Å²) < 4.78 is 0. The lowest BCUT2D eigenvalue weighted by molar-refractivity contribution is -0.111. The first-order valence-electron chi connectivity index (χ1n) is 10.6. The zero-order valence-corrected chi connectivity index (χ0v) is 17.7. The second-order valence-corrected chi connectivity index (χ2v) is 8.07. The molecular formula is C26H27N3O2. The largest absolute Gasteiger partial charge is 0.349 e. The van der Waals surface area contributed by atoms with E-state index in [4.69, 9.17) is 0 Å². The summed E-state index contributed by atoms with van der Waals surface area (Å²) >= 11 is 0. The summed E-state index contributed by atoms with van der Waals surface area (Å²) in [7, 11) is 2.11. The maximum absolute atomic E-state index is 13.1. The van der Waals surface area contributed by atoms with Crippen molar-refractivity contribution in [3.63, 3.8) is 0 Å². The molecule has 0 radical (unpaired) electrons. The molecule has 5 nitrogen and oxygen atoms in total. The van der Waals surface area contributed by atoms with E-state index in [0.29, 0.717) is 11.3 Å². The molecule has 0 spiro atoms. The minimum absolute atomic E-state index is 0.0238. The summed E-state index contributed by atoms with van der Waals surface area (Å²) in [4.78, 5) is 27.0. The molecule has 0 unspecified atom stereocenters. The fraction of sp³-hybridized carbons (Fsp3) is 0.231. The fourth-order valence-corrected chi connectivity index (χ4v) is 4.04. The lowest BCUT2D eigenvalue weighted by atomic mass is 9.97. The highest BCUT2D eigenvalue weighted by Crippen LogP contribution is 2.28. The molecule has 1 saturated heterocycles. The number of benzene rings is 3. The van der Waals surface area contributed by atoms with Gasteiger partial charge in [-0.2, -0.15) is 0 Å². The molecule has 3 aromatic rings. The average molecular weight is 414 g/mol. The van der Waals surface area contributed by atoms with Crippen molar-refractivity contribution < 1.29 is 9.59 Å². The van der Waals surface area contributed by atoms with Crippen LogP contribution in [0.3, 0.4) is 0 Å². The first-order valence-corrected chi connectivity index (χ1v) is 10.6. The number of fused-ring (bicyclic) bond motifs is 1. The zero-order chi connectivity index (χ0) is 21.8. The Labute approximate surface area is 182 Å². The smallest absolute Gasteiger partial charge is 0.252 e. The Bertz CT molecular complexity index is 1130. The van der Waals surface area contributed by atoms with Crippen LogP contribution < -0.4 is 10.6 Å². The zero-order valence-electron chi connectivity index (χ0n) is 17.7. The minimum atomic E-state index is -0.247. The molecule has 3 aromatic carbocycles. The maximum Gasteiger partial charge on any atom is 0.252 e. The van der Waals surface area contributed by atoms with E-state index in [9.17, 15) is 9.59 Å². The molecule has 4 rings (SSSR count). The Hall–Kier alpha value is -3.44. The van der Waals surface area contributed by atoms with Crippen molar-refractivity contribution in [2.45, 2.75) is 18.9 Å². The van der Waals surface area contributed by atoms with Crippen LogP contribution in [0.15, 0.2) is 73.3 Å². The van der Waals surface area contributed by atoms with Gasteiger partial charge in [-0.05, 0) is 85.2 Å². The molecule has 0 aromatic heterocycles. The van der Waals surface area contributed by atoms with E-state index in [-0.39, 0.29) is 17.9 Å². The Balaban J connectivity index is 1.63. The summed E-state index contributed by atoms with van der Waals surface area (Å²) in [5, 5.41) is 7.96. The van der Waals surface area contributed by atoms with Gasteiger partial charge in [0.1, 0.15) is 0 Å². The second-order valence-electron chi connectivity index (χ2n) is 8.07. The molecule has 0 bridgehead atoms. The van der Waals surface area contributed by atoms with Gasteiger partial charge < -0.3 is 15.5 Å². The van der Waals surface area contributed by atoms with Crippen LogP contribution >= 0.6 is 0 Å². The molecule has 0 atom stereocenters. The Kier molecular flexibility index (Phi) is 6.14. The summed E-state index contributed by atoms with van der Waals surface area (Å²) in [6.45, 7) is 5.50. The molecule has 1 fully saturated rings. The van der Waals surface area contributed by atoms with Crippen molar-refractivity contribution in [3.8, 4) is 11.1 Å². The highest BCUT2D eigenvalue weighted by atomic mass is 16.2. The van der Waals surface area contributed by atoms with Gasteiger partial charge in [-0.1, -0.05) is 43.0 Å². The summed E-state index contributed by atoms with van der Waals surface area (Å²) in [5.74, 6) is -0.271. The van der Waals surface area contributed by atoms with Crippen molar-refractivity contribution in [2.24, 2.45) is 0 Å². The molecule has 31 heavy (non-hydrogen) atoms. The SMILES string of the molecule is C=CC(=O)Nc1cccc(-c2ccc3cccc(C(=O)NC4CCN(C)CC4)c3c2)c1. The van der Waals surface area contributed by atoms with Gasteiger partial charge in [0.25, 0.3) is 5.91 Å². The van der Waals surface area contributed by atoms with Gasteiger partial charge in [0, 0.05) is 17.3 Å². The number of likely N-dealkylation sites (tertiary alicyclic amines) is 1. The molecule has 1 heterocycles. The summed E-state index contributed by atoms with van der Waals surface area (Å²) in [5.41, 5.74) is 3.35. The van der Waals surface area contributed by atoms with E-state index in [1.54, 1.807) is 0 Å². The van der Waals surface area contributed by atoms with E-state index in [1.807, 2.05) is 60.7 Å². The molecule has 5 heteroatoms. The van der Waals surface area contributed by atoms with Crippen molar-refractivity contribution in [1.82, 2.24) is 10.2 Å².